The van der Waals surface area contributed by atoms with Crippen LogP contribution in [0.1, 0.15) is 128 Å². The maximum absolute atomic E-state index is 9.75. The number of imidazole rings is 1. The van der Waals surface area contributed by atoms with Gasteiger partial charge in [0, 0.05) is 6.92 Å². The second-order valence-corrected chi connectivity index (χ2v) is 9.15. The van der Waals surface area contributed by atoms with E-state index in [1.807, 2.05) is 0 Å². The summed E-state index contributed by atoms with van der Waals surface area (Å²) in [5.74, 6) is 1.36. The van der Waals surface area contributed by atoms with Gasteiger partial charge in [0.2, 0.25) is 0 Å². The molecule has 0 saturated heterocycles. The molecule has 0 aliphatic rings. The maximum Gasteiger partial charge on any atom is 0.673 e. The molecule has 0 radical (unpaired) electrons. The van der Waals surface area contributed by atoms with Crippen molar-refractivity contribution in [1.29, 1.82) is 0 Å². The van der Waals surface area contributed by atoms with Gasteiger partial charge in [-0.1, -0.05) is 110 Å². The highest BCUT2D eigenvalue weighted by molar-refractivity contribution is 6.50. The van der Waals surface area contributed by atoms with Gasteiger partial charge < -0.3 is 17.3 Å². The van der Waals surface area contributed by atoms with Crippen LogP contribution in [0.4, 0.5) is 17.3 Å². The first-order valence-electron chi connectivity index (χ1n) is 13.1. The Morgan fingerprint density at radius 3 is 1.25 bits per heavy atom. The van der Waals surface area contributed by atoms with E-state index >= 15 is 0 Å². The number of hydrogen-bond donors (Lipinski definition) is 0. The van der Waals surface area contributed by atoms with Crippen molar-refractivity contribution >= 4 is 7.25 Å². The van der Waals surface area contributed by atoms with Crippen molar-refractivity contribution in [3.63, 3.8) is 0 Å². The summed E-state index contributed by atoms with van der Waals surface area (Å²) < 4.78 is 43.6. The van der Waals surface area contributed by atoms with Gasteiger partial charge in [-0.05, 0) is 12.8 Å². The topological polar surface area (TPSA) is 8.81 Å². The fourth-order valence-electron chi connectivity index (χ4n) is 4.02. The van der Waals surface area contributed by atoms with E-state index in [4.69, 9.17) is 0 Å². The Bertz CT molecular complexity index is 527. The van der Waals surface area contributed by atoms with Crippen LogP contribution in [0.2, 0.25) is 0 Å². The summed E-state index contributed by atoms with van der Waals surface area (Å²) in [6.07, 6.45) is 30.4. The fourth-order valence-corrected chi connectivity index (χ4v) is 4.02. The van der Waals surface area contributed by atoms with Gasteiger partial charge in [0.15, 0.2) is 0 Å². The van der Waals surface area contributed by atoms with Gasteiger partial charge in [-0.3, -0.25) is 0 Å². The molecular formula is C25H49BF4N2. The van der Waals surface area contributed by atoms with Crippen LogP contribution in [-0.2, 0) is 13.6 Å². The van der Waals surface area contributed by atoms with Crippen molar-refractivity contribution in [1.82, 2.24) is 4.57 Å². The quantitative estimate of drug-likeness (QED) is 0.0836. The van der Waals surface area contributed by atoms with Gasteiger partial charge in [0.1, 0.15) is 12.4 Å². The van der Waals surface area contributed by atoms with E-state index in [1.54, 1.807) is 0 Å². The molecule has 0 spiro atoms. The standard InChI is InChI=1S/C25H49N2.BF4/c1-4-5-6-7-8-9-10-11-12-13-14-15-16-17-18-19-20-21-22-27-24-23-26(3)25(27)2;2-1(3,4)5/h23-24H,4-22H2,1-3H3;/q+1;-1. The van der Waals surface area contributed by atoms with E-state index in [-0.39, 0.29) is 0 Å². The highest BCUT2D eigenvalue weighted by Crippen LogP contribution is 2.14. The third kappa shape index (κ3) is 22.2. The molecule has 0 fully saturated rings. The first-order valence-corrected chi connectivity index (χ1v) is 13.1. The van der Waals surface area contributed by atoms with E-state index in [0.29, 0.717) is 0 Å². The van der Waals surface area contributed by atoms with Crippen LogP contribution >= 0.6 is 0 Å². The molecule has 0 aromatic carbocycles. The lowest BCUT2D eigenvalue weighted by atomic mass is 10.0. The molecule has 2 nitrogen and oxygen atoms in total. The molecule has 0 unspecified atom stereocenters. The molecule has 190 valence electrons. The zero-order chi connectivity index (χ0) is 24.1. The molecule has 1 heterocycles. The largest absolute Gasteiger partial charge is 0.673 e. The highest BCUT2D eigenvalue weighted by atomic mass is 19.5. The Kier molecular flexibility index (Phi) is 19.9. The SMILES string of the molecule is CCCCCCCCCCCCCCCCCCCCn1cc[n+](C)c1C.F[B-](F)(F)F. The lowest BCUT2D eigenvalue weighted by Gasteiger charge is -2.04. The molecule has 32 heavy (non-hydrogen) atoms. The zero-order valence-electron chi connectivity index (χ0n) is 21.1. The van der Waals surface area contributed by atoms with Crippen LogP contribution in [0.15, 0.2) is 12.4 Å². The van der Waals surface area contributed by atoms with Gasteiger partial charge in [-0.25, -0.2) is 9.13 Å². The van der Waals surface area contributed by atoms with Crippen LogP contribution in [0.5, 0.6) is 0 Å². The summed E-state index contributed by atoms with van der Waals surface area (Å²) in [6.45, 7) is 5.69. The first-order chi connectivity index (χ1) is 15.3. The molecule has 1 aromatic rings. The second kappa shape index (κ2) is 20.6. The average Bonchev–Trinajstić information content (AvgIpc) is 3.04. The Hall–Kier alpha value is -1.01. The van der Waals surface area contributed by atoms with E-state index in [2.05, 4.69) is 42.4 Å². The van der Waals surface area contributed by atoms with Gasteiger partial charge in [-0.15, -0.1) is 0 Å². The number of halogens is 4. The van der Waals surface area contributed by atoms with Crippen molar-refractivity contribution in [3.8, 4) is 0 Å². The summed E-state index contributed by atoms with van der Waals surface area (Å²) in [5.41, 5.74) is 0. The summed E-state index contributed by atoms with van der Waals surface area (Å²) in [7, 11) is -3.87. The van der Waals surface area contributed by atoms with Gasteiger partial charge in [0.25, 0.3) is 5.82 Å². The Morgan fingerprint density at radius 2 is 0.969 bits per heavy atom. The van der Waals surface area contributed by atoms with Crippen LogP contribution in [0.3, 0.4) is 0 Å². The first kappa shape index (κ1) is 31.0. The predicted octanol–water partition coefficient (Wildman–Crippen LogP) is 8.96. The minimum atomic E-state index is -6.00. The van der Waals surface area contributed by atoms with Gasteiger partial charge in [0.05, 0.1) is 13.6 Å². The van der Waals surface area contributed by atoms with Crippen LogP contribution in [0.25, 0.3) is 0 Å². The minimum Gasteiger partial charge on any atom is -0.418 e. The summed E-state index contributed by atoms with van der Waals surface area (Å²) in [5, 5.41) is 0. The van der Waals surface area contributed by atoms with E-state index in [9.17, 15) is 17.3 Å². The lowest BCUT2D eigenvalue weighted by Crippen LogP contribution is -2.29. The lowest BCUT2D eigenvalue weighted by molar-refractivity contribution is -0.677. The number of aryl methyl sites for hydroxylation is 2. The van der Waals surface area contributed by atoms with E-state index < -0.39 is 7.25 Å². The fraction of sp³-hybridized carbons (Fsp3) is 0.880. The molecule has 1 rings (SSSR count). The van der Waals surface area contributed by atoms with Crippen LogP contribution in [0, 0.1) is 6.92 Å². The molecule has 0 atom stereocenters. The molecule has 0 N–H and O–H groups in total. The molecule has 0 saturated carbocycles. The van der Waals surface area contributed by atoms with Crippen molar-refractivity contribution in [2.75, 3.05) is 0 Å². The summed E-state index contributed by atoms with van der Waals surface area (Å²) in [4.78, 5) is 0. The van der Waals surface area contributed by atoms with Crippen molar-refractivity contribution < 1.29 is 21.8 Å². The number of rotatable bonds is 19. The normalized spacial score (nSPS) is 11.5. The van der Waals surface area contributed by atoms with E-state index in [0.717, 1.165) is 0 Å². The Labute approximate surface area is 195 Å². The van der Waals surface area contributed by atoms with Gasteiger partial charge in [-0.2, -0.15) is 0 Å². The summed E-state index contributed by atoms with van der Waals surface area (Å²) in [6, 6.07) is 0. The Balaban J connectivity index is 0.00000172. The third-order valence-electron chi connectivity index (χ3n) is 6.15. The average molecular weight is 464 g/mol. The Morgan fingerprint density at radius 1 is 0.656 bits per heavy atom. The second-order valence-electron chi connectivity index (χ2n) is 9.15. The third-order valence-corrected chi connectivity index (χ3v) is 6.15. The van der Waals surface area contributed by atoms with Crippen LogP contribution < -0.4 is 4.57 Å². The molecule has 0 amide bonds. The van der Waals surface area contributed by atoms with Crippen molar-refractivity contribution in [2.45, 2.75) is 136 Å². The number of hydrogen-bond acceptors (Lipinski definition) is 0. The summed E-state index contributed by atoms with van der Waals surface area (Å²) >= 11 is 0. The molecule has 0 bridgehead atoms. The minimum absolute atomic E-state index is 1.19. The number of aromatic nitrogens is 2. The molecule has 0 aliphatic heterocycles. The highest BCUT2D eigenvalue weighted by Gasteiger charge is 2.20. The van der Waals surface area contributed by atoms with Crippen LogP contribution in [-0.4, -0.2) is 11.8 Å². The molecule has 1 aromatic heterocycles. The number of unbranched alkanes of at least 4 members (excludes halogenated alkanes) is 17. The van der Waals surface area contributed by atoms with Gasteiger partial charge >= 0.3 is 7.25 Å². The smallest absolute Gasteiger partial charge is 0.418 e. The van der Waals surface area contributed by atoms with E-state index in [1.165, 1.54) is 128 Å². The molecule has 7 heteroatoms. The number of nitrogens with zero attached hydrogens (tertiary/aromatic N) is 2. The molecule has 0 aliphatic carbocycles. The maximum atomic E-state index is 9.75. The zero-order valence-corrected chi connectivity index (χ0v) is 21.1. The monoisotopic (exact) mass is 464 g/mol. The molecular weight excluding hydrogens is 415 g/mol. The van der Waals surface area contributed by atoms with Crippen molar-refractivity contribution in [3.05, 3.63) is 18.2 Å². The predicted molar refractivity (Wildman–Crippen MR) is 129 cm³/mol. The van der Waals surface area contributed by atoms with Crippen molar-refractivity contribution in [2.24, 2.45) is 7.05 Å².